The number of nitrogens with one attached hydrogen (secondary N) is 1. The molecule has 0 saturated carbocycles. The van der Waals surface area contributed by atoms with E-state index in [1.807, 2.05) is 17.0 Å². The summed E-state index contributed by atoms with van der Waals surface area (Å²) in [6, 6.07) is 4.29. The van der Waals surface area contributed by atoms with Gasteiger partial charge in [0.05, 0.1) is 19.3 Å². The summed E-state index contributed by atoms with van der Waals surface area (Å²) in [6.45, 7) is 5.50. The van der Waals surface area contributed by atoms with Crippen LogP contribution in [0.5, 0.6) is 0 Å². The number of nitrogens with zero attached hydrogens (tertiary/aromatic N) is 3. The summed E-state index contributed by atoms with van der Waals surface area (Å²) in [5.74, 6) is -0.0541. The Morgan fingerprint density at radius 2 is 2.13 bits per heavy atom. The zero-order valence-electron chi connectivity index (χ0n) is 17.2. The van der Waals surface area contributed by atoms with E-state index in [1.54, 1.807) is 13.1 Å². The summed E-state index contributed by atoms with van der Waals surface area (Å²) in [7, 11) is 0. The lowest BCUT2D eigenvalue weighted by molar-refractivity contribution is -0.131. The van der Waals surface area contributed by atoms with Crippen LogP contribution in [0, 0.1) is 0 Å². The molecule has 30 heavy (non-hydrogen) atoms. The number of aliphatic hydroxyl groups is 1. The van der Waals surface area contributed by atoms with Gasteiger partial charge >= 0.3 is 0 Å². The number of aliphatic hydroxyl groups excluding tert-OH is 1. The Morgan fingerprint density at radius 3 is 2.87 bits per heavy atom. The molecule has 2 aromatic rings. The fourth-order valence-electron chi connectivity index (χ4n) is 4.41. The Kier molecular flexibility index (Phi) is 6.62. The smallest absolute Gasteiger partial charge is 0.261 e. The van der Waals surface area contributed by atoms with Crippen molar-refractivity contribution in [3.8, 4) is 0 Å². The van der Waals surface area contributed by atoms with Crippen molar-refractivity contribution in [2.24, 2.45) is 0 Å². The Labute approximate surface area is 179 Å². The first kappa shape index (κ1) is 21.2. The van der Waals surface area contributed by atoms with Crippen LogP contribution in [0.2, 0.25) is 0 Å². The molecule has 162 valence electrons. The predicted molar refractivity (Wildman–Crippen MR) is 115 cm³/mol. The van der Waals surface area contributed by atoms with Crippen LogP contribution in [0.4, 0.5) is 0 Å². The molecule has 4 heterocycles. The molecule has 0 aliphatic carbocycles. The molecule has 0 bridgehead atoms. The summed E-state index contributed by atoms with van der Waals surface area (Å²) in [4.78, 5) is 34.6. The third kappa shape index (κ3) is 4.34. The highest BCUT2D eigenvalue weighted by molar-refractivity contribution is 7.20. The van der Waals surface area contributed by atoms with Gasteiger partial charge in [0.1, 0.15) is 9.71 Å². The summed E-state index contributed by atoms with van der Waals surface area (Å²) in [5.41, 5.74) is 0.893. The monoisotopic (exact) mass is 432 g/mol. The average molecular weight is 433 g/mol. The fraction of sp³-hybridized carbons (Fsp3) is 0.571. The molecule has 2 aliphatic rings. The third-order valence-corrected chi connectivity index (χ3v) is 7.08. The summed E-state index contributed by atoms with van der Waals surface area (Å²) < 4.78 is 6.15. The number of amides is 2. The number of hydrogen-bond donors (Lipinski definition) is 2. The third-order valence-electron chi connectivity index (χ3n) is 5.95. The van der Waals surface area contributed by atoms with Crippen LogP contribution < -0.4 is 5.32 Å². The maximum atomic E-state index is 12.8. The second kappa shape index (κ2) is 9.38. The number of piperidine rings is 1. The van der Waals surface area contributed by atoms with Gasteiger partial charge in [0.2, 0.25) is 5.91 Å². The molecule has 8 nitrogen and oxygen atoms in total. The second-order valence-corrected chi connectivity index (χ2v) is 8.77. The number of carbonyl (C=O) groups is 2. The van der Waals surface area contributed by atoms with Crippen LogP contribution in [0.1, 0.15) is 41.1 Å². The quantitative estimate of drug-likeness (QED) is 0.742. The Hall–Kier alpha value is -2.07. The van der Waals surface area contributed by atoms with Crippen molar-refractivity contribution < 1.29 is 19.4 Å². The number of pyridine rings is 1. The van der Waals surface area contributed by atoms with Crippen LogP contribution in [0.25, 0.3) is 10.2 Å². The van der Waals surface area contributed by atoms with Crippen LogP contribution in [-0.4, -0.2) is 83.7 Å². The zero-order chi connectivity index (χ0) is 21.1. The summed E-state index contributed by atoms with van der Waals surface area (Å²) >= 11 is 1.37. The van der Waals surface area contributed by atoms with E-state index in [-0.39, 0.29) is 31.1 Å². The first-order chi connectivity index (χ1) is 14.6. The standard InChI is InChI=1S/C21H28N4O4S/c1-14(27)24-8-4-15(5-9-24)25-10-12-29-17(13-25)18-16-3-2-6-23-21(16)30-19(18)20(28)22-7-11-26/h2-3,6,15,17,26H,4-5,7-13H2,1H3,(H,22,28)/t17-/m0/s1. The van der Waals surface area contributed by atoms with E-state index in [0.29, 0.717) is 24.1 Å². The predicted octanol–water partition coefficient (Wildman–Crippen LogP) is 1.40. The van der Waals surface area contributed by atoms with Crippen molar-refractivity contribution in [3.05, 3.63) is 28.8 Å². The Morgan fingerprint density at radius 1 is 1.33 bits per heavy atom. The molecule has 0 unspecified atom stereocenters. The Balaban J connectivity index is 1.56. The van der Waals surface area contributed by atoms with E-state index in [0.717, 1.165) is 48.3 Å². The highest BCUT2D eigenvalue weighted by atomic mass is 32.1. The number of aromatic nitrogens is 1. The van der Waals surface area contributed by atoms with Gasteiger partial charge in [-0.15, -0.1) is 11.3 Å². The number of likely N-dealkylation sites (tertiary alicyclic amines) is 1. The van der Waals surface area contributed by atoms with E-state index in [9.17, 15) is 9.59 Å². The maximum Gasteiger partial charge on any atom is 0.261 e. The molecule has 1 atom stereocenters. The van der Waals surface area contributed by atoms with Crippen LogP contribution in [0.15, 0.2) is 18.3 Å². The van der Waals surface area contributed by atoms with Gasteiger partial charge in [-0.05, 0) is 18.9 Å². The highest BCUT2D eigenvalue weighted by Gasteiger charge is 2.34. The minimum Gasteiger partial charge on any atom is -0.395 e. The number of rotatable bonds is 5. The second-order valence-electron chi connectivity index (χ2n) is 7.77. The van der Waals surface area contributed by atoms with Gasteiger partial charge in [-0.1, -0.05) is 6.07 Å². The first-order valence-electron chi connectivity index (χ1n) is 10.5. The molecule has 9 heteroatoms. The number of morpholine rings is 1. The number of fused-ring (bicyclic) bond motifs is 1. The van der Waals surface area contributed by atoms with Crippen LogP contribution >= 0.6 is 11.3 Å². The van der Waals surface area contributed by atoms with Crippen molar-refractivity contribution >= 4 is 33.4 Å². The molecule has 2 aliphatic heterocycles. The normalized spacial score (nSPS) is 21.1. The fourth-order valence-corrected chi connectivity index (χ4v) is 5.52. The van der Waals surface area contributed by atoms with Gasteiger partial charge in [0, 0.05) is 62.8 Å². The van der Waals surface area contributed by atoms with E-state index in [4.69, 9.17) is 9.84 Å². The number of thiophene rings is 1. The van der Waals surface area contributed by atoms with E-state index >= 15 is 0 Å². The van der Waals surface area contributed by atoms with Crippen molar-refractivity contribution in [2.45, 2.75) is 31.9 Å². The van der Waals surface area contributed by atoms with E-state index in [1.165, 1.54) is 11.3 Å². The first-order valence-corrected chi connectivity index (χ1v) is 11.3. The molecular weight excluding hydrogens is 404 g/mol. The lowest BCUT2D eigenvalue weighted by Gasteiger charge is -2.42. The van der Waals surface area contributed by atoms with Crippen molar-refractivity contribution in [1.82, 2.24) is 20.1 Å². The average Bonchev–Trinajstić information content (AvgIpc) is 3.17. The van der Waals surface area contributed by atoms with Gasteiger partial charge in [-0.3, -0.25) is 14.5 Å². The van der Waals surface area contributed by atoms with Gasteiger partial charge in [-0.25, -0.2) is 4.98 Å². The lowest BCUT2D eigenvalue weighted by atomic mass is 9.99. The lowest BCUT2D eigenvalue weighted by Crippen LogP contribution is -2.50. The molecule has 2 N–H and O–H groups in total. The number of hydrogen-bond acceptors (Lipinski definition) is 7. The topological polar surface area (TPSA) is 95.0 Å². The molecule has 4 rings (SSSR count). The van der Waals surface area contributed by atoms with Gasteiger partial charge in [0.15, 0.2) is 0 Å². The molecule has 0 radical (unpaired) electrons. The molecular formula is C21H28N4O4S. The zero-order valence-corrected chi connectivity index (χ0v) is 18.0. The van der Waals surface area contributed by atoms with Gasteiger partial charge in [0.25, 0.3) is 5.91 Å². The van der Waals surface area contributed by atoms with Crippen LogP contribution in [-0.2, 0) is 9.53 Å². The van der Waals surface area contributed by atoms with E-state index < -0.39 is 0 Å². The van der Waals surface area contributed by atoms with E-state index in [2.05, 4.69) is 15.2 Å². The largest absolute Gasteiger partial charge is 0.395 e. The minimum atomic E-state index is -0.211. The Bertz CT molecular complexity index is 910. The van der Waals surface area contributed by atoms with Crippen molar-refractivity contribution in [3.63, 3.8) is 0 Å². The molecule has 2 saturated heterocycles. The molecule has 2 fully saturated rings. The van der Waals surface area contributed by atoms with Gasteiger partial charge in [-0.2, -0.15) is 0 Å². The van der Waals surface area contributed by atoms with Crippen molar-refractivity contribution in [2.75, 3.05) is 45.9 Å². The molecule has 2 aromatic heterocycles. The van der Waals surface area contributed by atoms with Crippen LogP contribution in [0.3, 0.4) is 0 Å². The maximum absolute atomic E-state index is 12.8. The molecule has 0 spiro atoms. The highest BCUT2D eigenvalue weighted by Crippen LogP contribution is 2.38. The van der Waals surface area contributed by atoms with Crippen molar-refractivity contribution in [1.29, 1.82) is 0 Å². The summed E-state index contributed by atoms with van der Waals surface area (Å²) in [6.07, 6.45) is 3.44. The minimum absolute atomic E-state index is 0.100. The molecule has 2 amide bonds. The van der Waals surface area contributed by atoms with Gasteiger partial charge < -0.3 is 20.1 Å². The SMILES string of the molecule is CC(=O)N1CCC(N2CCO[C@H](c3c(C(=O)NCCO)sc4ncccc34)C2)CC1. The molecule has 0 aromatic carbocycles. The number of ether oxygens (including phenoxy) is 1. The summed E-state index contributed by atoms with van der Waals surface area (Å²) in [5, 5.41) is 12.8. The number of carbonyl (C=O) groups excluding carboxylic acids is 2.